The van der Waals surface area contributed by atoms with Crippen molar-refractivity contribution in [3.8, 4) is 5.75 Å². The first-order valence-electron chi connectivity index (χ1n) is 10.2. The Morgan fingerprint density at radius 3 is 2.41 bits per heavy atom. The van der Waals surface area contributed by atoms with Crippen molar-refractivity contribution in [2.75, 3.05) is 31.5 Å². The Bertz CT molecular complexity index is 1070. The highest BCUT2D eigenvalue weighted by Crippen LogP contribution is 2.17. The second-order valence-electron chi connectivity index (χ2n) is 7.26. The summed E-state index contributed by atoms with van der Waals surface area (Å²) in [7, 11) is 0. The minimum atomic E-state index is -0.307. The fraction of sp³-hybridized carbons (Fsp3) is 0.217. The van der Waals surface area contributed by atoms with E-state index in [1.165, 1.54) is 18.3 Å². The normalized spacial score (nSPS) is 13.5. The Hall–Kier alpha value is -4.01. The number of hydrogen-bond donors (Lipinski definition) is 1. The van der Waals surface area contributed by atoms with Gasteiger partial charge in [0.25, 0.3) is 5.91 Å². The van der Waals surface area contributed by atoms with Gasteiger partial charge >= 0.3 is 6.03 Å². The predicted octanol–water partition coefficient (Wildman–Crippen LogP) is 3.18. The van der Waals surface area contributed by atoms with Crippen molar-refractivity contribution < 1.29 is 18.7 Å². The fourth-order valence-electron chi connectivity index (χ4n) is 3.34. The van der Waals surface area contributed by atoms with Crippen molar-refractivity contribution in [3.05, 3.63) is 83.8 Å². The van der Waals surface area contributed by atoms with Gasteiger partial charge in [0, 0.05) is 37.9 Å². The molecule has 0 saturated carbocycles. The first kappa shape index (κ1) is 21.2. The van der Waals surface area contributed by atoms with Crippen LogP contribution in [0.4, 0.5) is 15.0 Å². The van der Waals surface area contributed by atoms with E-state index in [2.05, 4.69) is 15.5 Å². The SMILES string of the molecule is O=C(Nc1cccnn1)N1CCN(C(=O)c2ccc(OCc3cccc(F)c3)cc2)CC1. The van der Waals surface area contributed by atoms with E-state index in [4.69, 9.17) is 4.74 Å². The first-order valence-corrected chi connectivity index (χ1v) is 10.2. The van der Waals surface area contributed by atoms with Crippen molar-refractivity contribution >= 4 is 17.8 Å². The van der Waals surface area contributed by atoms with E-state index < -0.39 is 0 Å². The Morgan fingerprint density at radius 2 is 1.72 bits per heavy atom. The van der Waals surface area contributed by atoms with Crippen LogP contribution in [0.1, 0.15) is 15.9 Å². The van der Waals surface area contributed by atoms with Gasteiger partial charge in [-0.25, -0.2) is 9.18 Å². The average molecular weight is 435 g/mol. The molecule has 2 aromatic carbocycles. The second-order valence-corrected chi connectivity index (χ2v) is 7.26. The van der Waals surface area contributed by atoms with Crippen LogP contribution < -0.4 is 10.1 Å². The summed E-state index contributed by atoms with van der Waals surface area (Å²) in [6.07, 6.45) is 1.53. The zero-order valence-corrected chi connectivity index (χ0v) is 17.3. The molecule has 0 radical (unpaired) electrons. The van der Waals surface area contributed by atoms with Crippen molar-refractivity contribution in [3.63, 3.8) is 0 Å². The van der Waals surface area contributed by atoms with Gasteiger partial charge in [-0.15, -0.1) is 5.10 Å². The molecule has 8 nitrogen and oxygen atoms in total. The van der Waals surface area contributed by atoms with Crippen molar-refractivity contribution in [1.82, 2.24) is 20.0 Å². The molecule has 1 fully saturated rings. The van der Waals surface area contributed by atoms with Gasteiger partial charge in [-0.05, 0) is 54.1 Å². The molecule has 3 amide bonds. The number of ether oxygens (including phenoxy) is 1. The van der Waals surface area contributed by atoms with Gasteiger partial charge in [0.2, 0.25) is 0 Å². The molecule has 32 heavy (non-hydrogen) atoms. The lowest BCUT2D eigenvalue weighted by atomic mass is 10.1. The standard InChI is InChI=1S/C23H22FN5O3/c24-19-4-1-3-17(15-19)16-32-20-8-6-18(7-9-20)22(30)28-11-13-29(14-12-28)23(31)26-21-5-2-10-25-27-21/h1-10,15H,11-14,16H2,(H,26,27,31). The van der Waals surface area contributed by atoms with Crippen LogP contribution in [0.5, 0.6) is 5.75 Å². The highest BCUT2D eigenvalue weighted by atomic mass is 19.1. The van der Waals surface area contributed by atoms with Crippen LogP contribution >= 0.6 is 0 Å². The van der Waals surface area contributed by atoms with Gasteiger partial charge in [-0.2, -0.15) is 5.10 Å². The average Bonchev–Trinajstić information content (AvgIpc) is 2.83. The van der Waals surface area contributed by atoms with Gasteiger partial charge in [0.1, 0.15) is 18.2 Å². The molecule has 4 rings (SSSR count). The number of urea groups is 1. The molecule has 0 atom stereocenters. The number of carbonyl (C=O) groups is 2. The number of benzene rings is 2. The van der Waals surface area contributed by atoms with Gasteiger partial charge in [0.05, 0.1) is 0 Å². The van der Waals surface area contributed by atoms with Gasteiger partial charge in [0.15, 0.2) is 5.82 Å². The molecule has 1 aliphatic heterocycles. The van der Waals surface area contributed by atoms with Gasteiger partial charge in [-0.3, -0.25) is 10.1 Å². The molecular formula is C23H22FN5O3. The molecule has 3 aromatic rings. The summed E-state index contributed by atoms with van der Waals surface area (Å²) in [6, 6.07) is 16.2. The van der Waals surface area contributed by atoms with Crippen LogP contribution in [0.15, 0.2) is 66.9 Å². The minimum Gasteiger partial charge on any atom is -0.489 e. The Morgan fingerprint density at radius 1 is 0.969 bits per heavy atom. The maximum Gasteiger partial charge on any atom is 0.323 e. The fourth-order valence-corrected chi connectivity index (χ4v) is 3.34. The van der Waals surface area contributed by atoms with Crippen LogP contribution in [0.3, 0.4) is 0 Å². The van der Waals surface area contributed by atoms with Crippen molar-refractivity contribution in [2.45, 2.75) is 6.61 Å². The third-order valence-electron chi connectivity index (χ3n) is 5.06. The van der Waals surface area contributed by atoms with Crippen LogP contribution in [-0.4, -0.2) is 58.1 Å². The molecule has 9 heteroatoms. The zero-order chi connectivity index (χ0) is 22.3. The summed E-state index contributed by atoms with van der Waals surface area (Å²) in [5.74, 6) is 0.570. The number of halogens is 1. The van der Waals surface area contributed by atoms with E-state index in [-0.39, 0.29) is 24.4 Å². The van der Waals surface area contributed by atoms with Crippen LogP contribution in [0.25, 0.3) is 0 Å². The summed E-state index contributed by atoms with van der Waals surface area (Å²) >= 11 is 0. The maximum absolute atomic E-state index is 13.2. The van der Waals surface area contributed by atoms with E-state index in [0.717, 1.165) is 5.56 Å². The van der Waals surface area contributed by atoms with Crippen molar-refractivity contribution in [2.24, 2.45) is 0 Å². The van der Waals surface area contributed by atoms with E-state index in [1.807, 2.05) is 0 Å². The maximum atomic E-state index is 13.2. The highest BCUT2D eigenvalue weighted by molar-refractivity contribution is 5.94. The molecule has 0 bridgehead atoms. The number of anilines is 1. The molecule has 2 heterocycles. The molecule has 1 aromatic heterocycles. The summed E-state index contributed by atoms with van der Waals surface area (Å²) in [4.78, 5) is 28.5. The number of amides is 3. The number of piperazine rings is 1. The Balaban J connectivity index is 1.27. The second kappa shape index (κ2) is 9.86. The van der Waals surface area contributed by atoms with E-state index in [9.17, 15) is 14.0 Å². The zero-order valence-electron chi connectivity index (χ0n) is 17.3. The van der Waals surface area contributed by atoms with Gasteiger partial charge in [-0.1, -0.05) is 12.1 Å². The topological polar surface area (TPSA) is 87.7 Å². The van der Waals surface area contributed by atoms with Crippen LogP contribution in [0.2, 0.25) is 0 Å². The van der Waals surface area contributed by atoms with Crippen LogP contribution in [0, 0.1) is 5.82 Å². The molecule has 1 aliphatic rings. The quantitative estimate of drug-likeness (QED) is 0.665. The van der Waals surface area contributed by atoms with Gasteiger partial charge < -0.3 is 14.5 Å². The number of rotatable bonds is 5. The molecule has 1 N–H and O–H groups in total. The largest absolute Gasteiger partial charge is 0.489 e. The van der Waals surface area contributed by atoms with E-state index in [1.54, 1.807) is 58.3 Å². The molecular weight excluding hydrogens is 413 g/mol. The highest BCUT2D eigenvalue weighted by Gasteiger charge is 2.25. The molecule has 0 unspecified atom stereocenters. The van der Waals surface area contributed by atoms with E-state index >= 15 is 0 Å². The third-order valence-corrected chi connectivity index (χ3v) is 5.06. The third kappa shape index (κ3) is 5.37. The lowest BCUT2D eigenvalue weighted by Gasteiger charge is -2.34. The van der Waals surface area contributed by atoms with Crippen molar-refractivity contribution in [1.29, 1.82) is 0 Å². The summed E-state index contributed by atoms with van der Waals surface area (Å²) in [5, 5.41) is 10.3. The molecule has 0 aliphatic carbocycles. The molecule has 1 saturated heterocycles. The predicted molar refractivity (Wildman–Crippen MR) is 116 cm³/mol. The number of nitrogens with zero attached hydrogens (tertiary/aromatic N) is 4. The molecule has 0 spiro atoms. The lowest BCUT2D eigenvalue weighted by molar-refractivity contribution is 0.0671. The Labute approximate surface area is 184 Å². The summed E-state index contributed by atoms with van der Waals surface area (Å²) in [5.41, 5.74) is 1.27. The molecule has 164 valence electrons. The number of aromatic nitrogens is 2. The smallest absolute Gasteiger partial charge is 0.323 e. The summed E-state index contributed by atoms with van der Waals surface area (Å²) in [6.45, 7) is 1.96. The van der Waals surface area contributed by atoms with E-state index in [0.29, 0.717) is 43.3 Å². The Kier molecular flexibility index (Phi) is 6.54. The van der Waals surface area contributed by atoms with Crippen LogP contribution in [-0.2, 0) is 6.61 Å². The number of nitrogens with one attached hydrogen (secondary N) is 1. The lowest BCUT2D eigenvalue weighted by Crippen LogP contribution is -2.51. The monoisotopic (exact) mass is 435 g/mol. The number of hydrogen-bond acceptors (Lipinski definition) is 5. The summed E-state index contributed by atoms with van der Waals surface area (Å²) < 4.78 is 18.9. The first-order chi connectivity index (χ1) is 15.6. The number of carbonyl (C=O) groups excluding carboxylic acids is 2. The minimum absolute atomic E-state index is 0.101.